The van der Waals surface area contributed by atoms with Crippen molar-refractivity contribution in [2.45, 2.75) is 57.8 Å². The molecule has 8 heteroatoms. The molecule has 2 heterocycles. The van der Waals surface area contributed by atoms with Crippen molar-refractivity contribution in [2.24, 2.45) is 17.8 Å². The number of aromatic nitrogens is 2. The van der Waals surface area contributed by atoms with E-state index in [-0.39, 0.29) is 17.9 Å². The topological polar surface area (TPSA) is 96.4 Å². The average Bonchev–Trinajstić information content (AvgIpc) is 3.04. The highest BCUT2D eigenvalue weighted by molar-refractivity contribution is 8.00. The fourth-order valence-corrected chi connectivity index (χ4v) is 4.74. The summed E-state index contributed by atoms with van der Waals surface area (Å²) in [6.45, 7) is 6.56. The standard InChI is InChI=1S/C18H27N3O4S/c1-10(2)12-5-4-11(3)8-13(12)24-16(22)17-25-15(9-26-17)21-7-6-14(19)20-18(21)23/h6-7,10-13,15,17H,4-5,8-9H2,1-3H3,(H2,19,20,23)/t11-,12-,13+,15-,17-/m1/s1. The Morgan fingerprint density at radius 1 is 1.46 bits per heavy atom. The lowest BCUT2D eigenvalue weighted by Crippen LogP contribution is -2.38. The van der Waals surface area contributed by atoms with E-state index in [4.69, 9.17) is 15.2 Å². The summed E-state index contributed by atoms with van der Waals surface area (Å²) in [4.78, 5) is 28.3. The number of hydrogen-bond donors (Lipinski definition) is 1. The van der Waals surface area contributed by atoms with Crippen LogP contribution < -0.4 is 11.4 Å². The second-order valence-corrected chi connectivity index (χ2v) is 8.69. The normalized spacial score (nSPS) is 31.9. The molecule has 1 saturated heterocycles. The van der Waals surface area contributed by atoms with E-state index in [0.717, 1.165) is 12.8 Å². The van der Waals surface area contributed by atoms with Crippen molar-refractivity contribution in [1.82, 2.24) is 9.55 Å². The quantitative estimate of drug-likeness (QED) is 0.800. The van der Waals surface area contributed by atoms with Gasteiger partial charge >= 0.3 is 11.7 Å². The van der Waals surface area contributed by atoms with Gasteiger partial charge in [0.15, 0.2) is 0 Å². The number of rotatable bonds is 4. The summed E-state index contributed by atoms with van der Waals surface area (Å²) < 4.78 is 13.0. The number of carbonyl (C=O) groups is 1. The molecule has 0 amide bonds. The monoisotopic (exact) mass is 381 g/mol. The smallest absolute Gasteiger partial charge is 0.351 e. The highest BCUT2D eigenvalue weighted by Crippen LogP contribution is 2.37. The van der Waals surface area contributed by atoms with E-state index >= 15 is 0 Å². The van der Waals surface area contributed by atoms with Gasteiger partial charge < -0.3 is 15.2 Å². The molecule has 1 saturated carbocycles. The first-order chi connectivity index (χ1) is 12.3. The molecule has 7 nitrogen and oxygen atoms in total. The van der Waals surface area contributed by atoms with Gasteiger partial charge in [0.2, 0.25) is 5.44 Å². The predicted molar refractivity (Wildman–Crippen MR) is 101 cm³/mol. The van der Waals surface area contributed by atoms with Crippen LogP contribution in [0.4, 0.5) is 5.82 Å². The van der Waals surface area contributed by atoms with Gasteiger partial charge in [-0.1, -0.05) is 27.2 Å². The lowest BCUT2D eigenvalue weighted by atomic mass is 9.75. The van der Waals surface area contributed by atoms with E-state index in [1.54, 1.807) is 6.20 Å². The Bertz CT molecular complexity index is 708. The summed E-state index contributed by atoms with van der Waals surface area (Å²) in [5.41, 5.74) is 4.32. The number of hydrogen-bond acceptors (Lipinski definition) is 7. The van der Waals surface area contributed by atoms with Crippen molar-refractivity contribution in [2.75, 3.05) is 11.5 Å². The van der Waals surface area contributed by atoms with E-state index in [9.17, 15) is 9.59 Å². The maximum atomic E-state index is 12.6. The Labute approximate surface area is 157 Å². The summed E-state index contributed by atoms with van der Waals surface area (Å²) >= 11 is 1.35. The van der Waals surface area contributed by atoms with Gasteiger partial charge in [-0.05, 0) is 36.7 Å². The van der Waals surface area contributed by atoms with Crippen LogP contribution in [0.15, 0.2) is 17.1 Å². The second kappa shape index (κ2) is 8.00. The van der Waals surface area contributed by atoms with Gasteiger partial charge in [0, 0.05) is 11.9 Å². The van der Waals surface area contributed by atoms with Crippen LogP contribution in [0.2, 0.25) is 0 Å². The van der Waals surface area contributed by atoms with Crippen LogP contribution in [-0.4, -0.2) is 32.8 Å². The van der Waals surface area contributed by atoms with Crippen molar-refractivity contribution in [1.29, 1.82) is 0 Å². The molecule has 5 atom stereocenters. The summed E-state index contributed by atoms with van der Waals surface area (Å²) in [7, 11) is 0. The predicted octanol–water partition coefficient (Wildman–Crippen LogP) is 2.42. The molecule has 2 aliphatic rings. The number of nitrogens with zero attached hydrogens (tertiary/aromatic N) is 2. The number of nitrogen functional groups attached to an aromatic ring is 1. The number of ether oxygens (including phenoxy) is 2. The maximum Gasteiger partial charge on any atom is 0.351 e. The van der Waals surface area contributed by atoms with Gasteiger partial charge in [-0.2, -0.15) is 4.98 Å². The molecule has 0 radical (unpaired) electrons. The third kappa shape index (κ3) is 4.23. The average molecular weight is 381 g/mol. The Hall–Kier alpha value is -1.54. The number of carbonyl (C=O) groups excluding carboxylic acids is 1. The van der Waals surface area contributed by atoms with E-state index in [1.807, 2.05) is 0 Å². The Balaban J connectivity index is 1.63. The molecule has 0 bridgehead atoms. The van der Waals surface area contributed by atoms with Crippen molar-refractivity contribution < 1.29 is 14.3 Å². The van der Waals surface area contributed by atoms with Crippen molar-refractivity contribution >= 4 is 23.5 Å². The van der Waals surface area contributed by atoms with Crippen LogP contribution >= 0.6 is 11.8 Å². The lowest BCUT2D eigenvalue weighted by molar-refractivity contribution is -0.166. The van der Waals surface area contributed by atoms with Crippen LogP contribution in [-0.2, 0) is 14.3 Å². The van der Waals surface area contributed by atoms with Crippen LogP contribution in [0, 0.1) is 17.8 Å². The number of thioether (sulfide) groups is 1. The Kier molecular flexibility index (Phi) is 5.92. The summed E-state index contributed by atoms with van der Waals surface area (Å²) in [6, 6.07) is 1.54. The van der Waals surface area contributed by atoms with Crippen molar-refractivity contribution in [3.63, 3.8) is 0 Å². The second-order valence-electron chi connectivity index (χ2n) is 7.60. The first-order valence-corrected chi connectivity index (χ1v) is 10.2. The third-order valence-electron chi connectivity index (χ3n) is 5.25. The molecule has 26 heavy (non-hydrogen) atoms. The lowest BCUT2D eigenvalue weighted by Gasteiger charge is -2.37. The van der Waals surface area contributed by atoms with Gasteiger partial charge in [-0.25, -0.2) is 9.59 Å². The minimum absolute atomic E-state index is 0.0598. The van der Waals surface area contributed by atoms with E-state index in [1.165, 1.54) is 28.8 Å². The van der Waals surface area contributed by atoms with Gasteiger partial charge in [0.25, 0.3) is 0 Å². The Morgan fingerprint density at radius 2 is 2.23 bits per heavy atom. The van der Waals surface area contributed by atoms with E-state index < -0.39 is 17.4 Å². The maximum absolute atomic E-state index is 12.6. The molecular formula is C18H27N3O4S. The number of anilines is 1. The fourth-order valence-electron chi connectivity index (χ4n) is 3.76. The molecule has 0 unspecified atom stereocenters. The summed E-state index contributed by atoms with van der Waals surface area (Å²) in [5, 5.41) is 0. The SMILES string of the molecule is CC(C)[C@H]1CC[C@@H](C)C[C@@H]1OC(=O)[C@@H]1O[C@@H](n2ccc(N)nc2=O)CS1. The molecule has 1 aliphatic carbocycles. The van der Waals surface area contributed by atoms with Gasteiger partial charge in [0.05, 0.1) is 0 Å². The first kappa shape index (κ1) is 19.2. The van der Waals surface area contributed by atoms with Gasteiger partial charge in [-0.15, -0.1) is 11.8 Å². The zero-order valence-corrected chi connectivity index (χ0v) is 16.3. The number of esters is 1. The summed E-state index contributed by atoms with van der Waals surface area (Å²) in [6.07, 6.45) is 4.11. The highest BCUT2D eigenvalue weighted by atomic mass is 32.2. The minimum atomic E-state index is -0.713. The molecule has 0 aromatic carbocycles. The first-order valence-electron chi connectivity index (χ1n) is 9.17. The molecule has 2 N–H and O–H groups in total. The minimum Gasteiger partial charge on any atom is -0.459 e. The zero-order valence-electron chi connectivity index (χ0n) is 15.5. The van der Waals surface area contributed by atoms with Crippen LogP contribution in [0.5, 0.6) is 0 Å². The molecule has 3 rings (SSSR count). The molecule has 1 aliphatic heterocycles. The van der Waals surface area contributed by atoms with Crippen LogP contribution in [0.25, 0.3) is 0 Å². The molecule has 144 valence electrons. The van der Waals surface area contributed by atoms with Crippen LogP contribution in [0.3, 0.4) is 0 Å². The largest absolute Gasteiger partial charge is 0.459 e. The zero-order chi connectivity index (χ0) is 18.8. The number of nitrogens with two attached hydrogens (primary N) is 1. The molecular weight excluding hydrogens is 354 g/mol. The highest BCUT2D eigenvalue weighted by Gasteiger charge is 2.38. The van der Waals surface area contributed by atoms with Crippen molar-refractivity contribution in [3.05, 3.63) is 22.7 Å². The third-order valence-corrected chi connectivity index (χ3v) is 6.34. The van der Waals surface area contributed by atoms with E-state index in [2.05, 4.69) is 25.8 Å². The molecule has 0 spiro atoms. The van der Waals surface area contributed by atoms with Gasteiger partial charge in [-0.3, -0.25) is 4.57 Å². The Morgan fingerprint density at radius 3 is 2.92 bits per heavy atom. The molecule has 1 aromatic rings. The molecule has 1 aromatic heterocycles. The van der Waals surface area contributed by atoms with Gasteiger partial charge in [0.1, 0.15) is 18.1 Å². The van der Waals surface area contributed by atoms with Crippen molar-refractivity contribution in [3.8, 4) is 0 Å². The molecule has 2 fully saturated rings. The fraction of sp³-hybridized carbons (Fsp3) is 0.722. The van der Waals surface area contributed by atoms with Crippen LogP contribution in [0.1, 0.15) is 46.3 Å². The summed E-state index contributed by atoms with van der Waals surface area (Å²) in [5.74, 6) is 1.73. The van der Waals surface area contributed by atoms with E-state index in [0.29, 0.717) is 23.5 Å².